The number of imide groups is 1. The monoisotopic (exact) mass is 207 g/mol. The first-order valence-corrected chi connectivity index (χ1v) is 5.17. The van der Waals surface area contributed by atoms with E-state index in [-0.39, 0.29) is 17.9 Å². The van der Waals surface area contributed by atoms with Crippen LogP contribution in [0.3, 0.4) is 0 Å². The summed E-state index contributed by atoms with van der Waals surface area (Å²) in [4.78, 5) is 24.9. The Morgan fingerprint density at radius 3 is 2.13 bits per heavy atom. The van der Waals surface area contributed by atoms with Crippen molar-refractivity contribution in [1.82, 2.24) is 4.90 Å². The highest BCUT2D eigenvalue weighted by Crippen LogP contribution is 2.23. The Bertz CT molecular complexity index is 318. The molecule has 3 heteroatoms. The second kappa shape index (κ2) is 4.43. The van der Waals surface area contributed by atoms with Crippen molar-refractivity contribution in [2.75, 3.05) is 0 Å². The molecular formula is C12H17NO2. The predicted octanol–water partition coefficient (Wildman–Crippen LogP) is 2.05. The van der Waals surface area contributed by atoms with Gasteiger partial charge in [-0.05, 0) is 33.6 Å². The molecule has 0 N–H and O–H groups in total. The van der Waals surface area contributed by atoms with E-state index in [0.717, 1.165) is 12.8 Å². The number of carbonyl (C=O) groups is 2. The zero-order valence-electron chi connectivity index (χ0n) is 9.54. The number of rotatable bonds is 4. The Kier molecular flexibility index (Phi) is 3.45. The molecule has 1 aliphatic rings. The van der Waals surface area contributed by atoms with Gasteiger partial charge in [0.25, 0.3) is 11.8 Å². The van der Waals surface area contributed by atoms with Crippen LogP contribution in [0.1, 0.15) is 33.6 Å². The number of amides is 2. The Morgan fingerprint density at radius 2 is 1.73 bits per heavy atom. The second-order valence-corrected chi connectivity index (χ2v) is 3.95. The van der Waals surface area contributed by atoms with Gasteiger partial charge in [0, 0.05) is 17.2 Å². The maximum absolute atomic E-state index is 11.8. The molecule has 2 amide bonds. The topological polar surface area (TPSA) is 37.4 Å². The number of hydrogen-bond donors (Lipinski definition) is 0. The van der Waals surface area contributed by atoms with E-state index in [9.17, 15) is 9.59 Å². The Morgan fingerprint density at radius 1 is 1.27 bits per heavy atom. The molecule has 0 aliphatic carbocycles. The van der Waals surface area contributed by atoms with E-state index in [1.165, 1.54) is 4.90 Å². The van der Waals surface area contributed by atoms with Crippen molar-refractivity contribution in [3.63, 3.8) is 0 Å². The molecule has 0 spiro atoms. The molecule has 1 unspecified atom stereocenters. The lowest BCUT2D eigenvalue weighted by Gasteiger charge is -2.22. The lowest BCUT2D eigenvalue weighted by atomic mass is 10.1. The molecule has 1 rings (SSSR count). The summed E-state index contributed by atoms with van der Waals surface area (Å²) in [6, 6.07) is -0.0459. The smallest absolute Gasteiger partial charge is 0.257 e. The summed E-state index contributed by atoms with van der Waals surface area (Å²) in [6.07, 6.45) is 3.40. The van der Waals surface area contributed by atoms with E-state index >= 15 is 0 Å². The van der Waals surface area contributed by atoms with Gasteiger partial charge in [-0.25, -0.2) is 0 Å². The molecule has 1 aliphatic heterocycles. The molecule has 0 saturated carbocycles. The first kappa shape index (κ1) is 11.7. The fourth-order valence-electron chi connectivity index (χ4n) is 1.66. The van der Waals surface area contributed by atoms with Crippen LogP contribution in [-0.4, -0.2) is 22.8 Å². The van der Waals surface area contributed by atoms with Crippen LogP contribution in [0.25, 0.3) is 0 Å². The normalized spacial score (nSPS) is 18.7. The maximum Gasteiger partial charge on any atom is 0.257 e. The minimum absolute atomic E-state index is 0.0459. The molecule has 82 valence electrons. The highest BCUT2D eigenvalue weighted by atomic mass is 16.2. The van der Waals surface area contributed by atoms with Gasteiger partial charge in [0.1, 0.15) is 0 Å². The summed E-state index contributed by atoms with van der Waals surface area (Å²) < 4.78 is 0. The fourth-order valence-corrected chi connectivity index (χ4v) is 1.66. The van der Waals surface area contributed by atoms with E-state index in [1.807, 2.05) is 6.92 Å². The summed E-state index contributed by atoms with van der Waals surface area (Å²) in [5, 5.41) is 0. The Balaban J connectivity index is 2.78. The van der Waals surface area contributed by atoms with Gasteiger partial charge >= 0.3 is 0 Å². The fraction of sp³-hybridized carbons (Fsp3) is 0.500. The molecule has 0 aromatic carbocycles. The lowest BCUT2D eigenvalue weighted by Crippen LogP contribution is -2.39. The van der Waals surface area contributed by atoms with Crippen LogP contribution in [0.2, 0.25) is 0 Å². The summed E-state index contributed by atoms with van der Waals surface area (Å²) in [6.45, 7) is 8.93. The van der Waals surface area contributed by atoms with Gasteiger partial charge in [-0.2, -0.15) is 0 Å². The van der Waals surface area contributed by atoms with Gasteiger partial charge in [-0.1, -0.05) is 6.08 Å². The van der Waals surface area contributed by atoms with Crippen molar-refractivity contribution in [3.05, 3.63) is 23.8 Å². The van der Waals surface area contributed by atoms with Gasteiger partial charge < -0.3 is 0 Å². The van der Waals surface area contributed by atoms with Crippen LogP contribution in [-0.2, 0) is 9.59 Å². The van der Waals surface area contributed by atoms with Crippen molar-refractivity contribution in [2.24, 2.45) is 0 Å². The van der Waals surface area contributed by atoms with E-state index in [4.69, 9.17) is 0 Å². The Labute approximate surface area is 90.5 Å². The van der Waals surface area contributed by atoms with E-state index in [0.29, 0.717) is 11.1 Å². The van der Waals surface area contributed by atoms with Crippen molar-refractivity contribution in [3.8, 4) is 0 Å². The van der Waals surface area contributed by atoms with Crippen LogP contribution in [0.4, 0.5) is 0 Å². The third kappa shape index (κ3) is 2.01. The van der Waals surface area contributed by atoms with E-state index < -0.39 is 0 Å². The number of nitrogens with zero attached hydrogens (tertiary/aromatic N) is 1. The molecule has 0 aromatic rings. The van der Waals surface area contributed by atoms with Crippen LogP contribution in [0.5, 0.6) is 0 Å². The molecule has 3 nitrogen and oxygen atoms in total. The second-order valence-electron chi connectivity index (χ2n) is 3.95. The maximum atomic E-state index is 11.8. The van der Waals surface area contributed by atoms with Crippen LogP contribution in [0.15, 0.2) is 23.8 Å². The predicted molar refractivity (Wildman–Crippen MR) is 59.1 cm³/mol. The molecule has 0 saturated heterocycles. The quantitative estimate of drug-likeness (QED) is 0.522. The highest BCUT2D eigenvalue weighted by Gasteiger charge is 2.35. The van der Waals surface area contributed by atoms with Crippen molar-refractivity contribution >= 4 is 11.8 Å². The average Bonchev–Trinajstić information content (AvgIpc) is 2.40. The van der Waals surface area contributed by atoms with Crippen molar-refractivity contribution < 1.29 is 9.59 Å². The standard InChI is InChI=1S/C12H17NO2/c1-5-6-7-8(2)13-11(14)9(3)10(4)12(13)15/h5,8H,1,6-7H2,2-4H3. The lowest BCUT2D eigenvalue weighted by molar-refractivity contribution is -0.140. The van der Waals surface area contributed by atoms with E-state index in [2.05, 4.69) is 6.58 Å². The molecule has 1 atom stereocenters. The van der Waals surface area contributed by atoms with Crippen LogP contribution < -0.4 is 0 Å². The van der Waals surface area contributed by atoms with Gasteiger partial charge in [0.05, 0.1) is 0 Å². The minimum Gasteiger partial charge on any atom is -0.272 e. The molecule has 0 fully saturated rings. The summed E-state index contributed by atoms with van der Waals surface area (Å²) in [5.41, 5.74) is 1.15. The molecule has 1 heterocycles. The van der Waals surface area contributed by atoms with E-state index in [1.54, 1.807) is 19.9 Å². The summed E-state index contributed by atoms with van der Waals surface area (Å²) in [5.74, 6) is -0.289. The molecule has 0 aromatic heterocycles. The average molecular weight is 207 g/mol. The minimum atomic E-state index is -0.144. The largest absolute Gasteiger partial charge is 0.272 e. The zero-order valence-corrected chi connectivity index (χ0v) is 9.54. The number of hydrogen-bond acceptors (Lipinski definition) is 2. The summed E-state index contributed by atoms with van der Waals surface area (Å²) in [7, 11) is 0. The van der Waals surface area contributed by atoms with Gasteiger partial charge in [-0.3, -0.25) is 14.5 Å². The molecule has 0 radical (unpaired) electrons. The zero-order chi connectivity index (χ0) is 11.6. The Hall–Kier alpha value is -1.38. The first-order chi connectivity index (χ1) is 7.00. The molecule has 15 heavy (non-hydrogen) atoms. The first-order valence-electron chi connectivity index (χ1n) is 5.17. The van der Waals surface area contributed by atoms with Crippen LogP contribution >= 0.6 is 0 Å². The van der Waals surface area contributed by atoms with Gasteiger partial charge in [0.15, 0.2) is 0 Å². The SMILES string of the molecule is C=CCCC(C)N1C(=O)C(C)=C(C)C1=O. The highest BCUT2D eigenvalue weighted by molar-refractivity contribution is 6.18. The van der Waals surface area contributed by atoms with Crippen molar-refractivity contribution in [1.29, 1.82) is 0 Å². The van der Waals surface area contributed by atoms with Crippen molar-refractivity contribution in [2.45, 2.75) is 39.7 Å². The third-order valence-corrected chi connectivity index (χ3v) is 2.87. The number of carbonyl (C=O) groups excluding carboxylic acids is 2. The number of allylic oxidation sites excluding steroid dienone is 1. The third-order valence-electron chi connectivity index (χ3n) is 2.87. The molecule has 0 bridgehead atoms. The van der Waals surface area contributed by atoms with Crippen LogP contribution in [0, 0.1) is 0 Å². The molecular weight excluding hydrogens is 190 g/mol. The van der Waals surface area contributed by atoms with Gasteiger partial charge in [0.2, 0.25) is 0 Å². The summed E-state index contributed by atoms with van der Waals surface area (Å²) >= 11 is 0. The van der Waals surface area contributed by atoms with Gasteiger partial charge in [-0.15, -0.1) is 6.58 Å².